The van der Waals surface area contributed by atoms with Gasteiger partial charge < -0.3 is 4.90 Å². The lowest BCUT2D eigenvalue weighted by Crippen LogP contribution is -2.31. The molecule has 1 aromatic heterocycles. The second-order valence-corrected chi connectivity index (χ2v) is 6.30. The maximum atomic E-state index is 12.7. The third-order valence-electron chi connectivity index (χ3n) is 4.58. The fraction of sp³-hybridized carbons (Fsp3) is 0.421. The van der Waals surface area contributed by atoms with Crippen molar-refractivity contribution in [2.45, 2.75) is 45.6 Å². The first-order valence-corrected chi connectivity index (χ1v) is 8.26. The minimum absolute atomic E-state index is 0.221. The first-order valence-electron chi connectivity index (χ1n) is 8.26. The van der Waals surface area contributed by atoms with Crippen LogP contribution < -0.4 is 0 Å². The zero-order valence-corrected chi connectivity index (χ0v) is 13.8. The van der Waals surface area contributed by atoms with Crippen molar-refractivity contribution < 1.29 is 4.79 Å². The maximum absolute atomic E-state index is 12.7. The van der Waals surface area contributed by atoms with Crippen LogP contribution in [0.1, 0.15) is 47.7 Å². The molecule has 0 unspecified atom stereocenters. The second kappa shape index (κ2) is 6.90. The van der Waals surface area contributed by atoms with E-state index in [1.165, 1.54) is 16.7 Å². The molecule has 4 nitrogen and oxygen atoms in total. The van der Waals surface area contributed by atoms with Crippen molar-refractivity contribution in [1.82, 2.24) is 14.9 Å². The third-order valence-corrected chi connectivity index (χ3v) is 4.58. The summed E-state index contributed by atoms with van der Waals surface area (Å²) in [4.78, 5) is 23.0. The number of rotatable bonds is 4. The van der Waals surface area contributed by atoms with Gasteiger partial charge in [0.05, 0.1) is 11.7 Å². The van der Waals surface area contributed by atoms with Crippen LogP contribution in [-0.2, 0) is 11.2 Å². The number of aromatic nitrogens is 2. The van der Waals surface area contributed by atoms with Gasteiger partial charge in [-0.3, -0.25) is 14.8 Å². The summed E-state index contributed by atoms with van der Waals surface area (Å²) in [6.45, 7) is 5.10. The number of aryl methyl sites for hydroxylation is 3. The van der Waals surface area contributed by atoms with E-state index in [1.54, 1.807) is 18.6 Å². The minimum Gasteiger partial charge on any atom is -0.336 e. The van der Waals surface area contributed by atoms with Gasteiger partial charge in [0.1, 0.15) is 0 Å². The molecular weight excluding hydrogens is 286 g/mol. The van der Waals surface area contributed by atoms with E-state index >= 15 is 0 Å². The summed E-state index contributed by atoms with van der Waals surface area (Å²) in [6, 6.07) is 6.75. The SMILES string of the molecule is Cc1ccc(C)c([C@@H]2CCCN2C(=O)CCc2cnccn2)c1. The lowest BCUT2D eigenvalue weighted by molar-refractivity contribution is -0.132. The van der Waals surface area contributed by atoms with Crippen LogP contribution >= 0.6 is 0 Å². The topological polar surface area (TPSA) is 46.1 Å². The van der Waals surface area contributed by atoms with Gasteiger partial charge in [0, 0.05) is 31.6 Å². The largest absolute Gasteiger partial charge is 0.336 e. The smallest absolute Gasteiger partial charge is 0.223 e. The molecule has 0 N–H and O–H groups in total. The summed E-state index contributed by atoms with van der Waals surface area (Å²) in [5.74, 6) is 0.221. The van der Waals surface area contributed by atoms with Crippen molar-refractivity contribution >= 4 is 5.91 Å². The summed E-state index contributed by atoms with van der Waals surface area (Å²) in [5.41, 5.74) is 4.71. The van der Waals surface area contributed by atoms with Gasteiger partial charge >= 0.3 is 0 Å². The highest BCUT2D eigenvalue weighted by Crippen LogP contribution is 2.34. The standard InChI is InChI=1S/C19H23N3O/c1-14-5-6-15(2)17(12-14)18-4-3-11-22(18)19(23)8-7-16-13-20-9-10-21-16/h5-6,9-10,12-13,18H,3-4,7-8,11H2,1-2H3/t18-/m0/s1. The van der Waals surface area contributed by atoms with E-state index in [-0.39, 0.29) is 11.9 Å². The number of carbonyl (C=O) groups excluding carboxylic acids is 1. The Morgan fingerprint density at radius 3 is 2.96 bits per heavy atom. The van der Waals surface area contributed by atoms with Crippen LogP contribution in [0.4, 0.5) is 0 Å². The normalized spacial score (nSPS) is 17.5. The van der Waals surface area contributed by atoms with E-state index in [1.807, 2.05) is 0 Å². The number of nitrogens with zero attached hydrogens (tertiary/aromatic N) is 3. The molecule has 0 aliphatic carbocycles. The fourth-order valence-electron chi connectivity index (χ4n) is 3.35. The van der Waals surface area contributed by atoms with Crippen molar-refractivity contribution in [1.29, 1.82) is 0 Å². The molecular formula is C19H23N3O. The molecule has 0 saturated carbocycles. The number of benzene rings is 1. The summed E-state index contributed by atoms with van der Waals surface area (Å²) in [7, 11) is 0. The zero-order chi connectivity index (χ0) is 16.2. The van der Waals surface area contributed by atoms with Gasteiger partial charge in [-0.05, 0) is 44.2 Å². The summed E-state index contributed by atoms with van der Waals surface area (Å²) >= 11 is 0. The van der Waals surface area contributed by atoms with Crippen LogP contribution in [0, 0.1) is 13.8 Å². The van der Waals surface area contributed by atoms with Gasteiger partial charge in [-0.2, -0.15) is 0 Å². The van der Waals surface area contributed by atoms with E-state index in [0.717, 1.165) is 25.1 Å². The quantitative estimate of drug-likeness (QED) is 0.869. The molecule has 1 fully saturated rings. The summed E-state index contributed by atoms with van der Waals surface area (Å²) in [6.07, 6.45) is 8.36. The number of likely N-dealkylation sites (tertiary alicyclic amines) is 1. The van der Waals surface area contributed by atoms with Crippen LogP contribution in [0.2, 0.25) is 0 Å². The van der Waals surface area contributed by atoms with E-state index in [0.29, 0.717) is 12.8 Å². The van der Waals surface area contributed by atoms with E-state index < -0.39 is 0 Å². The molecule has 0 bridgehead atoms. The second-order valence-electron chi connectivity index (χ2n) is 6.30. The lowest BCUT2D eigenvalue weighted by Gasteiger charge is -2.26. The highest BCUT2D eigenvalue weighted by atomic mass is 16.2. The predicted molar refractivity (Wildman–Crippen MR) is 90.0 cm³/mol. The molecule has 4 heteroatoms. The van der Waals surface area contributed by atoms with Gasteiger partial charge in [0.25, 0.3) is 0 Å². The highest BCUT2D eigenvalue weighted by molar-refractivity contribution is 5.77. The minimum atomic E-state index is 0.221. The van der Waals surface area contributed by atoms with Gasteiger partial charge in [-0.25, -0.2) is 0 Å². The van der Waals surface area contributed by atoms with Crippen LogP contribution in [0.15, 0.2) is 36.8 Å². The fourth-order valence-corrected chi connectivity index (χ4v) is 3.35. The Balaban J connectivity index is 1.71. The number of hydrogen-bond acceptors (Lipinski definition) is 3. The maximum Gasteiger partial charge on any atom is 0.223 e. The molecule has 1 aliphatic rings. The predicted octanol–water partition coefficient (Wildman–Crippen LogP) is 3.39. The van der Waals surface area contributed by atoms with Crippen LogP contribution in [0.25, 0.3) is 0 Å². The Kier molecular flexibility index (Phi) is 4.70. The van der Waals surface area contributed by atoms with Crippen molar-refractivity contribution in [3.8, 4) is 0 Å². The summed E-state index contributed by atoms with van der Waals surface area (Å²) < 4.78 is 0. The molecule has 1 aliphatic heterocycles. The van der Waals surface area contributed by atoms with Crippen molar-refractivity contribution in [3.05, 3.63) is 59.2 Å². The van der Waals surface area contributed by atoms with Crippen molar-refractivity contribution in [2.24, 2.45) is 0 Å². The molecule has 23 heavy (non-hydrogen) atoms. The molecule has 120 valence electrons. The molecule has 0 spiro atoms. The lowest BCUT2D eigenvalue weighted by atomic mass is 9.97. The monoisotopic (exact) mass is 309 g/mol. The van der Waals surface area contributed by atoms with E-state index in [9.17, 15) is 4.79 Å². The van der Waals surface area contributed by atoms with E-state index in [2.05, 4.69) is 46.9 Å². The van der Waals surface area contributed by atoms with Crippen LogP contribution in [0.3, 0.4) is 0 Å². The number of hydrogen-bond donors (Lipinski definition) is 0. The number of amides is 1. The molecule has 2 heterocycles. The summed E-state index contributed by atoms with van der Waals surface area (Å²) in [5, 5.41) is 0. The van der Waals surface area contributed by atoms with Gasteiger partial charge in [-0.1, -0.05) is 23.8 Å². The Labute approximate surface area is 137 Å². The Morgan fingerprint density at radius 1 is 1.30 bits per heavy atom. The Bertz CT molecular complexity index is 684. The van der Waals surface area contributed by atoms with Crippen LogP contribution in [0.5, 0.6) is 0 Å². The zero-order valence-electron chi connectivity index (χ0n) is 13.8. The van der Waals surface area contributed by atoms with Crippen molar-refractivity contribution in [2.75, 3.05) is 6.54 Å². The molecule has 1 aromatic carbocycles. The van der Waals surface area contributed by atoms with E-state index in [4.69, 9.17) is 0 Å². The van der Waals surface area contributed by atoms with Crippen LogP contribution in [-0.4, -0.2) is 27.3 Å². The van der Waals surface area contributed by atoms with Gasteiger partial charge in [0.15, 0.2) is 0 Å². The first kappa shape index (κ1) is 15.7. The Hall–Kier alpha value is -2.23. The molecule has 1 amide bonds. The molecule has 1 saturated heterocycles. The first-order chi connectivity index (χ1) is 11.1. The molecule has 1 atom stereocenters. The highest BCUT2D eigenvalue weighted by Gasteiger charge is 2.30. The third kappa shape index (κ3) is 3.58. The average molecular weight is 309 g/mol. The Morgan fingerprint density at radius 2 is 2.17 bits per heavy atom. The van der Waals surface area contributed by atoms with Crippen molar-refractivity contribution in [3.63, 3.8) is 0 Å². The average Bonchev–Trinajstić information content (AvgIpc) is 3.05. The van der Waals surface area contributed by atoms with Gasteiger partial charge in [-0.15, -0.1) is 0 Å². The van der Waals surface area contributed by atoms with Gasteiger partial charge in [0.2, 0.25) is 5.91 Å². The number of carbonyl (C=O) groups is 1. The molecule has 0 radical (unpaired) electrons. The molecule has 3 rings (SSSR count). The molecule has 2 aromatic rings.